The van der Waals surface area contributed by atoms with Gasteiger partial charge in [0.15, 0.2) is 0 Å². The molecule has 0 unspecified atom stereocenters. The van der Waals surface area contributed by atoms with Crippen molar-refractivity contribution in [1.82, 2.24) is 20.2 Å². The zero-order chi connectivity index (χ0) is 21.0. The van der Waals surface area contributed by atoms with E-state index in [-0.39, 0.29) is 17.7 Å². The summed E-state index contributed by atoms with van der Waals surface area (Å²) >= 11 is 3.12. The number of tetrazole rings is 1. The summed E-state index contributed by atoms with van der Waals surface area (Å²) in [5, 5.41) is 12.5. The summed E-state index contributed by atoms with van der Waals surface area (Å²) in [6, 6.07) is 21.9. The number of anilines is 1. The van der Waals surface area contributed by atoms with E-state index in [9.17, 15) is 4.79 Å². The molecule has 0 saturated carbocycles. The molecule has 0 saturated heterocycles. The first-order valence-corrected chi connectivity index (χ1v) is 11.8. The molecule has 0 fully saturated rings. The molecule has 0 spiro atoms. The van der Waals surface area contributed by atoms with Crippen LogP contribution in [0.1, 0.15) is 17.4 Å². The smallest absolute Gasteiger partial charge is 0.238 e. The highest BCUT2D eigenvalue weighted by Gasteiger charge is 2.32. The first kappa shape index (κ1) is 19.9. The standard InChI is InChI=1S/C22H19N5O2S2/c28-21(15-31-22-23-24-25-26(22)13-17-9-6-12-29-17)27-18-10-4-5-11-20(18)30-14-19(27)16-7-2-1-3-8-16/h1-12,19H,13-15H2/t19-/m0/s1. The van der Waals surface area contributed by atoms with Crippen LogP contribution in [0.15, 0.2) is 87.5 Å². The van der Waals surface area contributed by atoms with E-state index in [1.165, 1.54) is 11.8 Å². The first-order valence-electron chi connectivity index (χ1n) is 9.80. The maximum atomic E-state index is 13.5. The molecule has 7 nitrogen and oxygen atoms in total. The third-order valence-electron chi connectivity index (χ3n) is 5.00. The van der Waals surface area contributed by atoms with Crippen molar-refractivity contribution < 1.29 is 9.21 Å². The maximum absolute atomic E-state index is 13.5. The predicted molar refractivity (Wildman–Crippen MR) is 120 cm³/mol. The van der Waals surface area contributed by atoms with Crippen molar-refractivity contribution in [1.29, 1.82) is 0 Å². The lowest BCUT2D eigenvalue weighted by molar-refractivity contribution is -0.116. The number of carbonyl (C=O) groups excluding carboxylic acids is 1. The first-order chi connectivity index (χ1) is 15.3. The second-order valence-electron chi connectivity index (χ2n) is 6.96. The highest BCUT2D eigenvalue weighted by molar-refractivity contribution is 8.00. The minimum atomic E-state index is -0.0201. The van der Waals surface area contributed by atoms with Gasteiger partial charge in [0.05, 0.1) is 23.7 Å². The number of para-hydroxylation sites is 1. The number of amides is 1. The summed E-state index contributed by atoms with van der Waals surface area (Å²) in [6.07, 6.45) is 1.62. The molecule has 1 aliphatic rings. The summed E-state index contributed by atoms with van der Waals surface area (Å²) in [5.74, 6) is 1.83. The monoisotopic (exact) mass is 449 g/mol. The fourth-order valence-electron chi connectivity index (χ4n) is 3.56. The number of benzene rings is 2. The van der Waals surface area contributed by atoms with Crippen LogP contribution in [0, 0.1) is 0 Å². The molecule has 4 aromatic rings. The van der Waals surface area contributed by atoms with Crippen molar-refractivity contribution in [3.8, 4) is 0 Å². The second kappa shape index (κ2) is 8.99. The normalized spacial score (nSPS) is 15.6. The van der Waals surface area contributed by atoms with Crippen molar-refractivity contribution >= 4 is 35.1 Å². The zero-order valence-electron chi connectivity index (χ0n) is 16.5. The van der Waals surface area contributed by atoms with Crippen LogP contribution in [-0.4, -0.2) is 37.6 Å². The van der Waals surface area contributed by atoms with Gasteiger partial charge in [-0.05, 0) is 40.3 Å². The van der Waals surface area contributed by atoms with Gasteiger partial charge in [-0.2, -0.15) is 0 Å². The zero-order valence-corrected chi connectivity index (χ0v) is 18.1. The quantitative estimate of drug-likeness (QED) is 0.407. The molecule has 0 radical (unpaired) electrons. The average Bonchev–Trinajstić information content (AvgIpc) is 3.50. The largest absolute Gasteiger partial charge is 0.467 e. The lowest BCUT2D eigenvalue weighted by Gasteiger charge is -2.37. The number of carbonyl (C=O) groups is 1. The SMILES string of the molecule is O=C(CSc1nnnn1Cc1ccco1)N1c2ccccc2SC[C@H]1c1ccccc1. The summed E-state index contributed by atoms with van der Waals surface area (Å²) in [5.41, 5.74) is 2.08. The Kier molecular flexibility index (Phi) is 5.77. The van der Waals surface area contributed by atoms with Crippen molar-refractivity contribution in [3.05, 3.63) is 84.3 Å². The minimum absolute atomic E-state index is 0.0201. The molecular formula is C22H19N5O2S2. The van der Waals surface area contributed by atoms with Crippen molar-refractivity contribution in [3.63, 3.8) is 0 Å². The number of nitrogens with zero attached hydrogens (tertiary/aromatic N) is 5. The van der Waals surface area contributed by atoms with Gasteiger partial charge in [0.2, 0.25) is 11.1 Å². The molecule has 0 N–H and O–H groups in total. The molecule has 0 aliphatic carbocycles. The van der Waals surface area contributed by atoms with Gasteiger partial charge in [-0.1, -0.05) is 54.2 Å². The molecule has 2 aromatic carbocycles. The average molecular weight is 450 g/mol. The summed E-state index contributed by atoms with van der Waals surface area (Å²) < 4.78 is 7.03. The summed E-state index contributed by atoms with van der Waals surface area (Å²) in [7, 11) is 0. The molecule has 156 valence electrons. The van der Waals surface area contributed by atoms with Gasteiger partial charge in [0, 0.05) is 10.6 Å². The molecular weight excluding hydrogens is 430 g/mol. The van der Waals surface area contributed by atoms with Crippen LogP contribution in [0.4, 0.5) is 5.69 Å². The Bertz CT molecular complexity index is 1160. The molecule has 31 heavy (non-hydrogen) atoms. The summed E-state index contributed by atoms with van der Waals surface area (Å²) in [6.45, 7) is 0.423. The Labute approximate surface area is 187 Å². The Morgan fingerprint density at radius 1 is 1.10 bits per heavy atom. The van der Waals surface area contributed by atoms with Crippen LogP contribution in [0.5, 0.6) is 0 Å². The molecule has 3 heterocycles. The number of hydrogen-bond donors (Lipinski definition) is 0. The topological polar surface area (TPSA) is 77.0 Å². The maximum Gasteiger partial charge on any atom is 0.238 e. The van der Waals surface area contributed by atoms with E-state index in [1.54, 1.807) is 22.7 Å². The van der Waals surface area contributed by atoms with Gasteiger partial charge in [0.1, 0.15) is 12.3 Å². The van der Waals surface area contributed by atoms with E-state index >= 15 is 0 Å². The van der Waals surface area contributed by atoms with Gasteiger partial charge < -0.3 is 9.32 Å². The Morgan fingerprint density at radius 2 is 1.94 bits per heavy atom. The number of thioether (sulfide) groups is 2. The van der Waals surface area contributed by atoms with Gasteiger partial charge in [-0.3, -0.25) is 4.79 Å². The molecule has 2 aromatic heterocycles. The highest BCUT2D eigenvalue weighted by atomic mass is 32.2. The van der Waals surface area contributed by atoms with Crippen molar-refractivity contribution in [2.75, 3.05) is 16.4 Å². The lowest BCUT2D eigenvalue weighted by Crippen LogP contribution is -2.39. The second-order valence-corrected chi connectivity index (χ2v) is 8.96. The molecule has 9 heteroatoms. The molecule has 1 atom stereocenters. The minimum Gasteiger partial charge on any atom is -0.467 e. The number of fused-ring (bicyclic) bond motifs is 1. The van der Waals surface area contributed by atoms with E-state index in [0.29, 0.717) is 11.7 Å². The van der Waals surface area contributed by atoms with Crippen molar-refractivity contribution in [2.24, 2.45) is 0 Å². The van der Waals surface area contributed by atoms with Crippen LogP contribution in [0.2, 0.25) is 0 Å². The van der Waals surface area contributed by atoms with Crippen LogP contribution in [-0.2, 0) is 11.3 Å². The third kappa shape index (κ3) is 4.24. The number of aromatic nitrogens is 4. The van der Waals surface area contributed by atoms with E-state index in [0.717, 1.165) is 27.7 Å². The number of rotatable bonds is 6. The van der Waals surface area contributed by atoms with E-state index in [2.05, 4.69) is 33.7 Å². The van der Waals surface area contributed by atoms with Gasteiger partial charge in [-0.25, -0.2) is 4.68 Å². The van der Waals surface area contributed by atoms with Gasteiger partial charge in [0.25, 0.3) is 0 Å². The lowest BCUT2D eigenvalue weighted by atomic mass is 10.1. The Hall–Kier alpha value is -3.04. The molecule has 1 amide bonds. The van der Waals surface area contributed by atoms with Crippen LogP contribution >= 0.6 is 23.5 Å². The Balaban J connectivity index is 1.37. The Morgan fingerprint density at radius 3 is 2.77 bits per heavy atom. The van der Waals surface area contributed by atoms with E-state index in [1.807, 2.05) is 53.4 Å². The van der Waals surface area contributed by atoms with Crippen LogP contribution in [0.3, 0.4) is 0 Å². The summed E-state index contributed by atoms with van der Waals surface area (Å²) in [4.78, 5) is 16.5. The third-order valence-corrected chi connectivity index (χ3v) is 7.08. The van der Waals surface area contributed by atoms with Gasteiger partial charge in [-0.15, -0.1) is 16.9 Å². The molecule has 0 bridgehead atoms. The van der Waals surface area contributed by atoms with E-state index < -0.39 is 0 Å². The number of hydrogen-bond acceptors (Lipinski definition) is 7. The van der Waals surface area contributed by atoms with Crippen LogP contribution in [0.25, 0.3) is 0 Å². The molecule has 1 aliphatic heterocycles. The van der Waals surface area contributed by atoms with Gasteiger partial charge >= 0.3 is 0 Å². The number of furan rings is 1. The fraction of sp³-hybridized carbons (Fsp3) is 0.182. The van der Waals surface area contributed by atoms with Crippen LogP contribution < -0.4 is 4.90 Å². The van der Waals surface area contributed by atoms with E-state index in [4.69, 9.17) is 4.42 Å². The fourth-order valence-corrected chi connectivity index (χ4v) is 5.47. The molecule has 5 rings (SSSR count). The highest BCUT2D eigenvalue weighted by Crippen LogP contribution is 2.43. The predicted octanol–water partition coefficient (Wildman–Crippen LogP) is 4.29. The van der Waals surface area contributed by atoms with Crippen molar-refractivity contribution in [2.45, 2.75) is 22.6 Å².